The van der Waals surface area contributed by atoms with Crippen LogP contribution in [0.25, 0.3) is 0 Å². The van der Waals surface area contributed by atoms with Crippen LogP contribution in [0, 0.1) is 5.92 Å². The molecule has 0 aliphatic rings. The minimum absolute atomic E-state index is 0.0869. The monoisotopic (exact) mass is 172 g/mol. The Morgan fingerprint density at radius 2 is 1.92 bits per heavy atom. The van der Waals surface area contributed by atoms with E-state index in [4.69, 9.17) is 5.73 Å². The maximum Gasteiger partial charge on any atom is 0.237 e. The van der Waals surface area contributed by atoms with Gasteiger partial charge < -0.3 is 15.8 Å². The SMILES string of the molecule is CC(C)C(N)C(=O)N[C@@H](C)C=O. The molecule has 0 aliphatic heterocycles. The van der Waals surface area contributed by atoms with Gasteiger partial charge >= 0.3 is 0 Å². The number of hydrogen-bond acceptors (Lipinski definition) is 3. The van der Waals surface area contributed by atoms with E-state index in [0.717, 1.165) is 0 Å². The predicted octanol–water partition coefficient (Wildman–Crippen LogP) is -0.327. The Labute approximate surface area is 72.5 Å². The summed E-state index contributed by atoms with van der Waals surface area (Å²) in [5.41, 5.74) is 5.54. The maximum atomic E-state index is 11.2. The summed E-state index contributed by atoms with van der Waals surface area (Å²) >= 11 is 0. The fraction of sp³-hybridized carbons (Fsp3) is 0.750. The molecule has 0 saturated heterocycles. The molecule has 1 unspecified atom stereocenters. The van der Waals surface area contributed by atoms with E-state index in [2.05, 4.69) is 5.32 Å². The Morgan fingerprint density at radius 3 is 2.25 bits per heavy atom. The van der Waals surface area contributed by atoms with Gasteiger partial charge in [0.1, 0.15) is 6.29 Å². The number of amides is 1. The molecule has 0 spiro atoms. The van der Waals surface area contributed by atoms with Crippen molar-refractivity contribution in [3.05, 3.63) is 0 Å². The zero-order valence-corrected chi connectivity index (χ0v) is 7.70. The summed E-state index contributed by atoms with van der Waals surface area (Å²) in [4.78, 5) is 21.3. The van der Waals surface area contributed by atoms with Crippen LogP contribution >= 0.6 is 0 Å². The molecule has 0 heterocycles. The van der Waals surface area contributed by atoms with Crippen molar-refractivity contribution in [3.63, 3.8) is 0 Å². The van der Waals surface area contributed by atoms with Crippen molar-refractivity contribution in [1.82, 2.24) is 5.32 Å². The largest absolute Gasteiger partial charge is 0.346 e. The second-order valence-corrected chi connectivity index (χ2v) is 3.20. The van der Waals surface area contributed by atoms with Gasteiger partial charge in [-0.15, -0.1) is 0 Å². The average molecular weight is 172 g/mol. The van der Waals surface area contributed by atoms with E-state index in [1.807, 2.05) is 13.8 Å². The second-order valence-electron chi connectivity index (χ2n) is 3.20. The van der Waals surface area contributed by atoms with Crippen LogP contribution in [-0.4, -0.2) is 24.3 Å². The maximum absolute atomic E-state index is 11.2. The van der Waals surface area contributed by atoms with Crippen molar-refractivity contribution < 1.29 is 9.59 Å². The Balaban J connectivity index is 3.95. The highest BCUT2D eigenvalue weighted by Gasteiger charge is 2.18. The van der Waals surface area contributed by atoms with Gasteiger partial charge in [-0.2, -0.15) is 0 Å². The van der Waals surface area contributed by atoms with Crippen LogP contribution in [0.3, 0.4) is 0 Å². The number of hydrogen-bond donors (Lipinski definition) is 2. The molecule has 0 rings (SSSR count). The predicted molar refractivity (Wildman–Crippen MR) is 46.5 cm³/mol. The minimum atomic E-state index is -0.535. The van der Waals surface area contributed by atoms with Crippen LogP contribution in [0.1, 0.15) is 20.8 Å². The lowest BCUT2D eigenvalue weighted by molar-refractivity contribution is -0.125. The van der Waals surface area contributed by atoms with E-state index >= 15 is 0 Å². The quantitative estimate of drug-likeness (QED) is 0.570. The summed E-state index contributed by atoms with van der Waals surface area (Å²) in [6, 6.07) is -0.991. The van der Waals surface area contributed by atoms with Crippen molar-refractivity contribution >= 4 is 12.2 Å². The smallest absolute Gasteiger partial charge is 0.237 e. The average Bonchev–Trinajstić information content (AvgIpc) is 2.02. The third-order valence-corrected chi connectivity index (χ3v) is 1.60. The summed E-state index contributed by atoms with van der Waals surface area (Å²) in [6.07, 6.45) is 0.672. The molecule has 0 aromatic rings. The van der Waals surface area contributed by atoms with E-state index in [0.29, 0.717) is 6.29 Å². The first-order chi connectivity index (χ1) is 5.49. The van der Waals surface area contributed by atoms with E-state index in [9.17, 15) is 9.59 Å². The molecule has 4 heteroatoms. The second kappa shape index (κ2) is 4.87. The lowest BCUT2D eigenvalue weighted by atomic mass is 10.0. The van der Waals surface area contributed by atoms with Gasteiger partial charge in [0.2, 0.25) is 5.91 Å². The zero-order chi connectivity index (χ0) is 9.72. The van der Waals surface area contributed by atoms with Crippen LogP contribution in [0.4, 0.5) is 0 Å². The van der Waals surface area contributed by atoms with Gasteiger partial charge in [-0.1, -0.05) is 13.8 Å². The van der Waals surface area contributed by atoms with Gasteiger partial charge in [0.15, 0.2) is 0 Å². The molecule has 0 bridgehead atoms. The Kier molecular flexibility index (Phi) is 4.51. The molecule has 70 valence electrons. The third-order valence-electron chi connectivity index (χ3n) is 1.60. The highest BCUT2D eigenvalue weighted by atomic mass is 16.2. The Bertz CT molecular complexity index is 168. The molecule has 3 N–H and O–H groups in total. The fourth-order valence-corrected chi connectivity index (χ4v) is 0.657. The lowest BCUT2D eigenvalue weighted by Crippen LogP contribution is -2.47. The number of carbonyl (C=O) groups is 2. The topological polar surface area (TPSA) is 72.2 Å². The van der Waals surface area contributed by atoms with Crippen LogP contribution in [0.2, 0.25) is 0 Å². The molecule has 0 aliphatic carbocycles. The molecular weight excluding hydrogens is 156 g/mol. The number of rotatable bonds is 4. The van der Waals surface area contributed by atoms with Crippen molar-refractivity contribution in [2.45, 2.75) is 32.9 Å². The van der Waals surface area contributed by atoms with Gasteiger partial charge in [-0.05, 0) is 12.8 Å². The number of aldehydes is 1. The first-order valence-electron chi connectivity index (χ1n) is 4.00. The summed E-state index contributed by atoms with van der Waals surface area (Å²) in [7, 11) is 0. The number of nitrogens with one attached hydrogen (secondary N) is 1. The molecule has 2 atom stereocenters. The Morgan fingerprint density at radius 1 is 1.42 bits per heavy atom. The first kappa shape index (κ1) is 11.1. The number of carbonyl (C=O) groups excluding carboxylic acids is 2. The van der Waals surface area contributed by atoms with E-state index < -0.39 is 12.1 Å². The summed E-state index contributed by atoms with van der Waals surface area (Å²) in [5.74, 6) is -0.187. The molecule has 12 heavy (non-hydrogen) atoms. The highest BCUT2D eigenvalue weighted by Crippen LogP contribution is 1.97. The van der Waals surface area contributed by atoms with E-state index in [1.54, 1.807) is 6.92 Å². The van der Waals surface area contributed by atoms with Gasteiger partial charge in [0, 0.05) is 0 Å². The summed E-state index contributed by atoms with van der Waals surface area (Å²) in [5, 5.41) is 2.48. The summed E-state index contributed by atoms with van der Waals surface area (Å²) in [6.45, 7) is 5.32. The van der Waals surface area contributed by atoms with Crippen LogP contribution < -0.4 is 11.1 Å². The molecule has 0 saturated carbocycles. The first-order valence-corrected chi connectivity index (χ1v) is 4.00. The Hall–Kier alpha value is -0.900. The van der Waals surface area contributed by atoms with Crippen LogP contribution in [-0.2, 0) is 9.59 Å². The van der Waals surface area contributed by atoms with Crippen LogP contribution in [0.5, 0.6) is 0 Å². The minimum Gasteiger partial charge on any atom is -0.346 e. The zero-order valence-electron chi connectivity index (χ0n) is 7.70. The van der Waals surface area contributed by atoms with Gasteiger partial charge in [0.05, 0.1) is 12.1 Å². The van der Waals surface area contributed by atoms with Crippen molar-refractivity contribution in [1.29, 1.82) is 0 Å². The van der Waals surface area contributed by atoms with Gasteiger partial charge in [-0.3, -0.25) is 4.79 Å². The van der Waals surface area contributed by atoms with Gasteiger partial charge in [0.25, 0.3) is 0 Å². The van der Waals surface area contributed by atoms with Crippen molar-refractivity contribution in [3.8, 4) is 0 Å². The van der Waals surface area contributed by atoms with Crippen molar-refractivity contribution in [2.24, 2.45) is 11.7 Å². The highest BCUT2D eigenvalue weighted by molar-refractivity contribution is 5.84. The van der Waals surface area contributed by atoms with Crippen molar-refractivity contribution in [2.75, 3.05) is 0 Å². The standard InChI is InChI=1S/C8H16N2O2/c1-5(2)7(9)8(12)10-6(3)4-11/h4-7H,9H2,1-3H3,(H,10,12)/t6-,7?/m0/s1. The third kappa shape index (κ3) is 3.48. The molecular formula is C8H16N2O2. The number of nitrogens with two attached hydrogens (primary N) is 1. The van der Waals surface area contributed by atoms with E-state index in [-0.39, 0.29) is 11.8 Å². The van der Waals surface area contributed by atoms with E-state index in [1.165, 1.54) is 0 Å². The fourth-order valence-electron chi connectivity index (χ4n) is 0.657. The normalized spacial score (nSPS) is 15.4. The summed E-state index contributed by atoms with van der Waals surface area (Å²) < 4.78 is 0. The molecule has 0 fully saturated rings. The van der Waals surface area contributed by atoms with Gasteiger partial charge in [-0.25, -0.2) is 0 Å². The molecule has 0 radical (unpaired) electrons. The molecule has 0 aromatic heterocycles. The lowest BCUT2D eigenvalue weighted by Gasteiger charge is -2.16. The molecule has 1 amide bonds. The molecule has 4 nitrogen and oxygen atoms in total. The molecule has 0 aromatic carbocycles. The van der Waals surface area contributed by atoms with Crippen LogP contribution in [0.15, 0.2) is 0 Å².